The van der Waals surface area contributed by atoms with Crippen LogP contribution in [0.4, 0.5) is 19.1 Å². The largest absolute Gasteiger partial charge is 0.454 e. The third-order valence-electron chi connectivity index (χ3n) is 5.17. The number of nitrogens with zero attached hydrogens (tertiary/aromatic N) is 3. The maximum Gasteiger partial charge on any atom is 0.422 e. The van der Waals surface area contributed by atoms with Gasteiger partial charge in [0.15, 0.2) is 17.8 Å². The van der Waals surface area contributed by atoms with E-state index in [1.165, 1.54) is 10.9 Å². The molecule has 194 valence electrons. The van der Waals surface area contributed by atoms with Crippen LogP contribution in [0.2, 0.25) is 0 Å². The first-order valence-electron chi connectivity index (χ1n) is 10.4. The van der Waals surface area contributed by atoms with Crippen molar-refractivity contribution in [2.75, 3.05) is 31.7 Å². The van der Waals surface area contributed by atoms with Crippen LogP contribution in [-0.2, 0) is 30.3 Å². The van der Waals surface area contributed by atoms with E-state index in [1.54, 1.807) is 13.8 Å². The van der Waals surface area contributed by atoms with Crippen LogP contribution in [-0.4, -0.2) is 92.0 Å². The van der Waals surface area contributed by atoms with Gasteiger partial charge in [-0.3, -0.25) is 19.9 Å². The number of aromatic nitrogens is 4. The maximum absolute atomic E-state index is 12.4. The van der Waals surface area contributed by atoms with Gasteiger partial charge in [0.2, 0.25) is 11.9 Å². The Hall–Kier alpha value is -3.08. The average molecular weight is 507 g/mol. The number of esters is 1. The molecule has 1 fully saturated rings. The highest BCUT2D eigenvalue weighted by atomic mass is 19.4. The minimum atomic E-state index is -4.73. The van der Waals surface area contributed by atoms with Crippen LogP contribution in [0.3, 0.4) is 0 Å². The number of ether oxygens (including phenoxy) is 3. The summed E-state index contributed by atoms with van der Waals surface area (Å²) in [4.78, 5) is 46.7. The Morgan fingerprint density at radius 2 is 2.14 bits per heavy atom. The van der Waals surface area contributed by atoms with Crippen molar-refractivity contribution in [1.82, 2.24) is 19.5 Å². The monoisotopic (exact) mass is 507 g/mol. The molecule has 0 aromatic carbocycles. The zero-order valence-corrected chi connectivity index (χ0v) is 18.7. The number of aromatic amines is 1. The predicted molar refractivity (Wildman–Crippen MR) is 110 cm³/mol. The number of H-pyrrole nitrogens is 1. The molecule has 3 rings (SSSR count). The van der Waals surface area contributed by atoms with Crippen LogP contribution in [0.1, 0.15) is 13.8 Å². The molecule has 1 aliphatic rings. The van der Waals surface area contributed by atoms with Gasteiger partial charge in [0.1, 0.15) is 24.4 Å². The minimum absolute atomic E-state index is 0.0184. The van der Waals surface area contributed by atoms with Gasteiger partial charge in [-0.1, -0.05) is 13.8 Å². The van der Waals surface area contributed by atoms with Gasteiger partial charge in [-0.25, -0.2) is 9.78 Å². The molecule has 2 aromatic rings. The molecule has 2 aromatic heterocycles. The van der Waals surface area contributed by atoms with Crippen molar-refractivity contribution in [3.8, 4) is 0 Å². The smallest absolute Gasteiger partial charge is 0.422 e. The fraction of sp³-hybridized carbons (Fsp3) is 0.632. The van der Waals surface area contributed by atoms with Gasteiger partial charge in [-0.15, -0.1) is 0 Å². The fourth-order valence-corrected chi connectivity index (χ4v) is 3.31. The topological polar surface area (TPSA) is 178 Å². The molecule has 0 spiro atoms. The number of hydrogen-bond acceptors (Lipinski definition) is 10. The van der Waals surface area contributed by atoms with Gasteiger partial charge >= 0.3 is 12.1 Å². The third kappa shape index (κ3) is 6.14. The Labute approximate surface area is 195 Å². The molecular formula is C19H24F3N5O8. The minimum Gasteiger partial charge on any atom is -0.454 e. The second kappa shape index (κ2) is 10.3. The molecule has 3 heterocycles. The van der Waals surface area contributed by atoms with E-state index in [2.05, 4.69) is 25.0 Å². The van der Waals surface area contributed by atoms with E-state index >= 15 is 0 Å². The van der Waals surface area contributed by atoms with Crippen molar-refractivity contribution in [1.29, 1.82) is 0 Å². The lowest BCUT2D eigenvalue weighted by atomic mass is 9.96. The number of aliphatic hydroxyl groups is 2. The Balaban J connectivity index is 1.88. The Morgan fingerprint density at radius 1 is 1.43 bits per heavy atom. The molecule has 16 heteroatoms. The Kier molecular flexibility index (Phi) is 7.78. The molecule has 0 saturated carbocycles. The summed E-state index contributed by atoms with van der Waals surface area (Å²) < 4.78 is 53.1. The first-order valence-corrected chi connectivity index (χ1v) is 10.4. The van der Waals surface area contributed by atoms with Crippen LogP contribution < -0.4 is 10.9 Å². The van der Waals surface area contributed by atoms with Gasteiger partial charge in [0, 0.05) is 5.92 Å². The first-order chi connectivity index (χ1) is 16.3. The first kappa shape index (κ1) is 26.5. The summed E-state index contributed by atoms with van der Waals surface area (Å²) in [5.74, 6) is -2.33. The lowest BCUT2D eigenvalue weighted by Crippen LogP contribution is -2.51. The molecule has 1 amide bonds. The highest BCUT2D eigenvalue weighted by Crippen LogP contribution is 2.31. The molecule has 3 atom stereocenters. The van der Waals surface area contributed by atoms with Crippen molar-refractivity contribution in [2.45, 2.75) is 44.4 Å². The number of hydrogen-bond donors (Lipinski definition) is 4. The number of carbonyl (C=O) groups is 2. The molecule has 1 aliphatic heterocycles. The molecular weight excluding hydrogens is 483 g/mol. The van der Waals surface area contributed by atoms with Gasteiger partial charge in [-0.05, 0) is 0 Å². The lowest BCUT2D eigenvalue weighted by molar-refractivity contribution is -0.195. The van der Waals surface area contributed by atoms with E-state index in [0.29, 0.717) is 0 Å². The lowest BCUT2D eigenvalue weighted by Gasteiger charge is -2.32. The molecule has 4 N–H and O–H groups in total. The number of carbonyl (C=O) groups excluding carboxylic acids is 2. The Bertz CT molecular complexity index is 1130. The summed E-state index contributed by atoms with van der Waals surface area (Å²) in [6.45, 7) is -0.826. The Morgan fingerprint density at radius 3 is 2.74 bits per heavy atom. The van der Waals surface area contributed by atoms with Crippen LogP contribution >= 0.6 is 0 Å². The normalized spacial score (nSPS) is 22.6. The average Bonchev–Trinajstić information content (AvgIpc) is 3.32. The zero-order valence-electron chi connectivity index (χ0n) is 18.7. The second-order valence-corrected chi connectivity index (χ2v) is 8.21. The number of alkyl halides is 3. The van der Waals surface area contributed by atoms with Crippen molar-refractivity contribution in [2.24, 2.45) is 5.92 Å². The molecule has 3 unspecified atom stereocenters. The fourth-order valence-electron chi connectivity index (χ4n) is 3.31. The number of imidazole rings is 1. The quantitative estimate of drug-likeness (QED) is 0.318. The van der Waals surface area contributed by atoms with Crippen molar-refractivity contribution in [3.63, 3.8) is 0 Å². The molecule has 35 heavy (non-hydrogen) atoms. The maximum atomic E-state index is 12.4. The van der Waals surface area contributed by atoms with Crippen molar-refractivity contribution >= 4 is 29.0 Å². The van der Waals surface area contributed by atoms with E-state index in [0.717, 1.165) is 0 Å². The predicted octanol–water partition coefficient (Wildman–Crippen LogP) is -0.673. The zero-order chi connectivity index (χ0) is 26.0. The molecule has 0 radical (unpaired) electrons. The molecule has 13 nitrogen and oxygen atoms in total. The van der Waals surface area contributed by atoms with E-state index in [-0.39, 0.29) is 30.3 Å². The number of aliphatic hydroxyl groups excluding tert-OH is 2. The summed E-state index contributed by atoms with van der Waals surface area (Å²) in [7, 11) is 0. The summed E-state index contributed by atoms with van der Waals surface area (Å²) in [6.07, 6.45) is -6.19. The van der Waals surface area contributed by atoms with Crippen molar-refractivity contribution in [3.05, 3.63) is 16.7 Å². The number of rotatable bonds is 9. The SMILES string of the molecule is CC(C)C(=O)Nc1nc2c(ncn2CC2(OCC(=O)OCC(F)(F)F)COC(CO)C2O)c(=O)[nH]1. The summed E-state index contributed by atoms with van der Waals surface area (Å²) in [6, 6.07) is 0. The van der Waals surface area contributed by atoms with E-state index in [4.69, 9.17) is 9.47 Å². The second-order valence-electron chi connectivity index (χ2n) is 8.21. The van der Waals surface area contributed by atoms with Crippen LogP contribution in [0.15, 0.2) is 11.1 Å². The standard InChI is InChI=1S/C19H24F3N5O8/c1-9(2)15(31)25-17-24-14-12(16(32)26-17)23-8-27(14)5-18(6-33-10(3-28)13(18)30)35-4-11(29)34-7-19(20,21)22/h8-10,13,28,30H,3-7H2,1-2H3,(H2,24,25,26,31,32). The highest BCUT2D eigenvalue weighted by molar-refractivity contribution is 5.91. The van der Waals surface area contributed by atoms with Gasteiger partial charge < -0.3 is 29.0 Å². The summed E-state index contributed by atoms with van der Waals surface area (Å²) >= 11 is 0. The number of amides is 1. The van der Waals surface area contributed by atoms with Crippen LogP contribution in [0.5, 0.6) is 0 Å². The van der Waals surface area contributed by atoms with Crippen LogP contribution in [0.25, 0.3) is 11.2 Å². The van der Waals surface area contributed by atoms with Gasteiger partial charge in [-0.2, -0.15) is 18.2 Å². The number of anilines is 1. The van der Waals surface area contributed by atoms with Crippen LogP contribution in [0, 0.1) is 5.92 Å². The third-order valence-corrected chi connectivity index (χ3v) is 5.17. The number of nitrogens with one attached hydrogen (secondary N) is 2. The molecule has 0 aliphatic carbocycles. The number of fused-ring (bicyclic) bond motifs is 1. The number of halogens is 3. The van der Waals surface area contributed by atoms with E-state index in [1.807, 2.05) is 0 Å². The van der Waals surface area contributed by atoms with E-state index in [9.17, 15) is 37.8 Å². The van der Waals surface area contributed by atoms with Crippen molar-refractivity contribution < 1.29 is 47.2 Å². The van der Waals surface area contributed by atoms with Gasteiger partial charge in [0.05, 0.1) is 26.1 Å². The van der Waals surface area contributed by atoms with E-state index < -0.39 is 67.2 Å². The van der Waals surface area contributed by atoms with Gasteiger partial charge in [0.25, 0.3) is 5.56 Å². The summed E-state index contributed by atoms with van der Waals surface area (Å²) in [5, 5.41) is 22.6. The molecule has 0 bridgehead atoms. The summed E-state index contributed by atoms with van der Waals surface area (Å²) in [5.41, 5.74) is -2.55. The molecule has 1 saturated heterocycles. The highest BCUT2D eigenvalue weighted by Gasteiger charge is 2.51.